The minimum absolute atomic E-state index is 0.436. The predicted octanol–water partition coefficient (Wildman–Crippen LogP) is 2.49. The summed E-state index contributed by atoms with van der Waals surface area (Å²) in [5.41, 5.74) is 4.05. The minimum atomic E-state index is -0.436. The Hall–Kier alpha value is -2.36. The van der Waals surface area contributed by atoms with Crippen LogP contribution in [-0.4, -0.2) is 9.97 Å². The molecular weight excluding hydrogens is 216 g/mol. The Labute approximate surface area is 96.9 Å². The van der Waals surface area contributed by atoms with Crippen molar-refractivity contribution < 1.29 is 4.42 Å². The second-order valence-electron chi connectivity index (χ2n) is 3.89. The highest BCUT2D eigenvalue weighted by atomic mass is 16.4. The molecule has 4 heteroatoms. The summed E-state index contributed by atoms with van der Waals surface area (Å²) in [5.74, 6) is -0.436. The number of hydrogen-bond acceptors (Lipinski definition) is 3. The van der Waals surface area contributed by atoms with Crippen molar-refractivity contribution >= 4 is 11.1 Å². The fourth-order valence-electron chi connectivity index (χ4n) is 1.82. The molecule has 17 heavy (non-hydrogen) atoms. The zero-order chi connectivity index (χ0) is 11.8. The van der Waals surface area contributed by atoms with Crippen LogP contribution in [0.15, 0.2) is 45.6 Å². The lowest BCUT2D eigenvalue weighted by molar-refractivity contribution is 0.555. The van der Waals surface area contributed by atoms with E-state index in [1.54, 1.807) is 6.07 Å². The molecule has 84 valence electrons. The molecule has 0 amide bonds. The normalized spacial score (nSPS) is 10.9. The molecule has 3 rings (SSSR count). The van der Waals surface area contributed by atoms with E-state index in [1.165, 1.54) is 0 Å². The van der Waals surface area contributed by atoms with Crippen LogP contribution in [0.5, 0.6) is 0 Å². The molecular formula is C13H10N2O2. The summed E-state index contributed by atoms with van der Waals surface area (Å²) in [5, 5.41) is 0. The number of aryl methyl sites for hydroxylation is 1. The van der Waals surface area contributed by atoms with Gasteiger partial charge >= 0.3 is 5.76 Å². The van der Waals surface area contributed by atoms with E-state index in [4.69, 9.17) is 4.42 Å². The van der Waals surface area contributed by atoms with E-state index in [1.807, 2.05) is 37.3 Å². The molecule has 0 radical (unpaired) electrons. The summed E-state index contributed by atoms with van der Waals surface area (Å²) in [6.07, 6.45) is 0. The van der Waals surface area contributed by atoms with Gasteiger partial charge in [0.15, 0.2) is 5.58 Å². The third-order valence-corrected chi connectivity index (χ3v) is 2.60. The molecule has 2 heterocycles. The Kier molecular flexibility index (Phi) is 2.08. The highest BCUT2D eigenvalue weighted by molar-refractivity contribution is 5.78. The smallest absolute Gasteiger partial charge is 0.408 e. The Morgan fingerprint density at radius 1 is 1.24 bits per heavy atom. The van der Waals surface area contributed by atoms with Crippen molar-refractivity contribution in [2.24, 2.45) is 0 Å². The number of aromatic amines is 1. The number of aromatic nitrogens is 2. The maximum Gasteiger partial charge on any atom is 0.417 e. The molecule has 0 aliphatic heterocycles. The van der Waals surface area contributed by atoms with Gasteiger partial charge in [0.25, 0.3) is 0 Å². The van der Waals surface area contributed by atoms with Crippen LogP contribution in [0, 0.1) is 6.92 Å². The standard InChI is InChI=1S/C13H10N2O2/c1-8-3-2-4-10(14-8)9-5-6-12-11(7-9)15-13(16)17-12/h2-7H,1H3,(H,15,16). The van der Waals surface area contributed by atoms with Crippen molar-refractivity contribution in [3.63, 3.8) is 0 Å². The number of fused-ring (bicyclic) bond motifs is 1. The van der Waals surface area contributed by atoms with Crippen molar-refractivity contribution in [1.82, 2.24) is 9.97 Å². The van der Waals surface area contributed by atoms with Crippen LogP contribution in [0.2, 0.25) is 0 Å². The van der Waals surface area contributed by atoms with E-state index in [-0.39, 0.29) is 0 Å². The fraction of sp³-hybridized carbons (Fsp3) is 0.0769. The minimum Gasteiger partial charge on any atom is -0.408 e. The second kappa shape index (κ2) is 3.59. The van der Waals surface area contributed by atoms with Crippen molar-refractivity contribution in [2.45, 2.75) is 6.92 Å². The van der Waals surface area contributed by atoms with Gasteiger partial charge in [-0.05, 0) is 37.3 Å². The van der Waals surface area contributed by atoms with Crippen LogP contribution in [0.25, 0.3) is 22.4 Å². The molecule has 0 fully saturated rings. The molecule has 0 saturated carbocycles. The van der Waals surface area contributed by atoms with E-state index in [9.17, 15) is 4.79 Å². The van der Waals surface area contributed by atoms with E-state index < -0.39 is 5.76 Å². The van der Waals surface area contributed by atoms with Gasteiger partial charge in [-0.15, -0.1) is 0 Å². The van der Waals surface area contributed by atoms with Gasteiger partial charge in [0.05, 0.1) is 11.2 Å². The van der Waals surface area contributed by atoms with Gasteiger partial charge in [0.2, 0.25) is 0 Å². The highest BCUT2D eigenvalue weighted by Crippen LogP contribution is 2.21. The number of oxazole rings is 1. The molecule has 0 saturated heterocycles. The monoisotopic (exact) mass is 226 g/mol. The number of rotatable bonds is 1. The van der Waals surface area contributed by atoms with Gasteiger partial charge in [-0.25, -0.2) is 4.79 Å². The van der Waals surface area contributed by atoms with E-state index in [0.717, 1.165) is 17.0 Å². The maximum absolute atomic E-state index is 11.1. The third-order valence-electron chi connectivity index (χ3n) is 2.60. The van der Waals surface area contributed by atoms with Crippen molar-refractivity contribution in [1.29, 1.82) is 0 Å². The molecule has 0 aliphatic rings. The van der Waals surface area contributed by atoms with E-state index in [2.05, 4.69) is 9.97 Å². The number of H-pyrrole nitrogens is 1. The third kappa shape index (κ3) is 1.73. The lowest BCUT2D eigenvalue weighted by atomic mass is 10.1. The second-order valence-corrected chi connectivity index (χ2v) is 3.89. The zero-order valence-electron chi connectivity index (χ0n) is 9.23. The van der Waals surface area contributed by atoms with E-state index in [0.29, 0.717) is 11.1 Å². The number of benzene rings is 1. The molecule has 0 unspecified atom stereocenters. The summed E-state index contributed by atoms with van der Waals surface area (Å²) in [6.45, 7) is 1.95. The number of nitrogens with one attached hydrogen (secondary N) is 1. The molecule has 0 aliphatic carbocycles. The fourth-order valence-corrected chi connectivity index (χ4v) is 1.82. The van der Waals surface area contributed by atoms with Gasteiger partial charge in [-0.2, -0.15) is 0 Å². The van der Waals surface area contributed by atoms with Gasteiger partial charge < -0.3 is 4.42 Å². The maximum atomic E-state index is 11.1. The quantitative estimate of drug-likeness (QED) is 0.693. The molecule has 0 atom stereocenters. The van der Waals surface area contributed by atoms with Gasteiger partial charge in [-0.1, -0.05) is 6.07 Å². The molecule has 0 spiro atoms. The van der Waals surface area contributed by atoms with Crippen LogP contribution in [0.4, 0.5) is 0 Å². The van der Waals surface area contributed by atoms with Crippen LogP contribution in [0.3, 0.4) is 0 Å². The average Bonchev–Trinajstić information content (AvgIpc) is 2.68. The molecule has 0 bridgehead atoms. The van der Waals surface area contributed by atoms with Crippen LogP contribution >= 0.6 is 0 Å². The van der Waals surface area contributed by atoms with Crippen molar-refractivity contribution in [3.8, 4) is 11.3 Å². The summed E-state index contributed by atoms with van der Waals surface area (Å²) in [7, 11) is 0. The first-order valence-corrected chi connectivity index (χ1v) is 5.29. The van der Waals surface area contributed by atoms with E-state index >= 15 is 0 Å². The summed E-state index contributed by atoms with van der Waals surface area (Å²) in [6, 6.07) is 11.4. The van der Waals surface area contributed by atoms with Gasteiger partial charge in [0.1, 0.15) is 0 Å². The lowest BCUT2D eigenvalue weighted by Gasteiger charge is -2.01. The summed E-state index contributed by atoms with van der Waals surface area (Å²) < 4.78 is 4.95. The van der Waals surface area contributed by atoms with Crippen molar-refractivity contribution in [3.05, 3.63) is 52.6 Å². The SMILES string of the molecule is Cc1cccc(-c2ccc3oc(=O)[nH]c3c2)n1. The largest absolute Gasteiger partial charge is 0.417 e. The van der Waals surface area contributed by atoms with Crippen LogP contribution < -0.4 is 5.76 Å². The lowest BCUT2D eigenvalue weighted by Crippen LogP contribution is -1.93. The zero-order valence-corrected chi connectivity index (χ0v) is 9.23. The Bertz CT molecular complexity index is 740. The van der Waals surface area contributed by atoms with Crippen molar-refractivity contribution in [2.75, 3.05) is 0 Å². The Morgan fingerprint density at radius 2 is 2.12 bits per heavy atom. The molecule has 1 N–H and O–H groups in total. The predicted molar refractivity (Wildman–Crippen MR) is 64.8 cm³/mol. The Balaban J connectivity index is 2.20. The topological polar surface area (TPSA) is 58.9 Å². The first-order chi connectivity index (χ1) is 8.22. The summed E-state index contributed by atoms with van der Waals surface area (Å²) >= 11 is 0. The van der Waals surface area contributed by atoms with Gasteiger partial charge in [0, 0.05) is 11.3 Å². The van der Waals surface area contributed by atoms with Crippen LogP contribution in [0.1, 0.15) is 5.69 Å². The highest BCUT2D eigenvalue weighted by Gasteiger charge is 2.04. The number of pyridine rings is 1. The first kappa shape index (κ1) is 9.84. The first-order valence-electron chi connectivity index (χ1n) is 5.29. The number of nitrogens with zero attached hydrogens (tertiary/aromatic N) is 1. The number of hydrogen-bond donors (Lipinski definition) is 1. The van der Waals surface area contributed by atoms with Crippen LogP contribution in [-0.2, 0) is 0 Å². The molecule has 1 aromatic carbocycles. The average molecular weight is 226 g/mol. The molecule has 3 aromatic rings. The molecule has 2 aromatic heterocycles. The Morgan fingerprint density at radius 3 is 2.94 bits per heavy atom. The van der Waals surface area contributed by atoms with Gasteiger partial charge in [-0.3, -0.25) is 9.97 Å². The summed E-state index contributed by atoms with van der Waals surface area (Å²) in [4.78, 5) is 18.1. The molecule has 4 nitrogen and oxygen atoms in total.